The second kappa shape index (κ2) is 18.4. The number of piperazine rings is 1. The number of likely N-dealkylation sites (N-methyl/N-ethyl adjacent to an activating group) is 1. The molecule has 4 atom stereocenters. The molecule has 0 radical (unpaired) electrons. The highest BCUT2D eigenvalue weighted by Crippen LogP contribution is 2.59. The van der Waals surface area contributed by atoms with Gasteiger partial charge in [-0.2, -0.15) is 0 Å². The number of methoxy groups -OCH3 is 4. The van der Waals surface area contributed by atoms with Crippen molar-refractivity contribution in [2.75, 3.05) is 92.7 Å². The van der Waals surface area contributed by atoms with E-state index < -0.39 is 5.54 Å². The minimum Gasteiger partial charge on any atom is -0.493 e. The summed E-state index contributed by atoms with van der Waals surface area (Å²) in [4.78, 5) is 43.7. The highest BCUT2D eigenvalue weighted by Gasteiger charge is 2.58. The van der Waals surface area contributed by atoms with E-state index in [-0.39, 0.29) is 29.7 Å². The molecule has 13 nitrogen and oxygen atoms in total. The average Bonchev–Trinajstić information content (AvgIpc) is 3.77. The Morgan fingerprint density at radius 1 is 0.836 bits per heavy atom. The summed E-state index contributed by atoms with van der Waals surface area (Å²) in [6.07, 6.45) is 7.79. The van der Waals surface area contributed by atoms with Crippen molar-refractivity contribution >= 4 is 17.8 Å². The fourth-order valence-electron chi connectivity index (χ4n) is 11.0. The molecule has 4 heterocycles. The van der Waals surface area contributed by atoms with E-state index in [9.17, 15) is 4.79 Å². The molecule has 61 heavy (non-hydrogen) atoms. The number of aromatic nitrogens is 2. The van der Waals surface area contributed by atoms with Crippen molar-refractivity contribution in [2.24, 2.45) is 11.8 Å². The van der Waals surface area contributed by atoms with Crippen molar-refractivity contribution in [3.8, 4) is 23.0 Å². The minimum absolute atomic E-state index is 0.108. The number of hydrogen-bond acceptors (Lipinski definition) is 10. The zero-order chi connectivity index (χ0) is 42.7. The van der Waals surface area contributed by atoms with Crippen LogP contribution >= 0.6 is 0 Å². The summed E-state index contributed by atoms with van der Waals surface area (Å²) < 4.78 is 25.8. The molecular formula is C48H63N7O6. The van der Waals surface area contributed by atoms with E-state index in [0.29, 0.717) is 94.4 Å². The predicted molar refractivity (Wildman–Crippen MR) is 236 cm³/mol. The summed E-state index contributed by atoms with van der Waals surface area (Å²) in [6, 6.07) is 18.9. The Balaban J connectivity index is 1.18. The van der Waals surface area contributed by atoms with Gasteiger partial charge in [0.2, 0.25) is 17.8 Å². The number of imidazole rings is 1. The number of benzene rings is 3. The van der Waals surface area contributed by atoms with Gasteiger partial charge in [0.1, 0.15) is 0 Å². The molecule has 2 amide bonds. The molecule has 4 aromatic rings. The van der Waals surface area contributed by atoms with E-state index in [0.717, 1.165) is 37.6 Å². The van der Waals surface area contributed by atoms with Crippen molar-refractivity contribution in [1.82, 2.24) is 29.6 Å². The fourth-order valence-corrected chi connectivity index (χ4v) is 11.0. The van der Waals surface area contributed by atoms with Crippen LogP contribution in [0.2, 0.25) is 0 Å². The molecule has 4 aliphatic rings. The summed E-state index contributed by atoms with van der Waals surface area (Å²) in [5.41, 5.74) is 5.17. The van der Waals surface area contributed by atoms with E-state index >= 15 is 4.79 Å². The first-order valence-corrected chi connectivity index (χ1v) is 22.1. The zero-order valence-corrected chi connectivity index (χ0v) is 36.8. The first-order chi connectivity index (χ1) is 29.8. The van der Waals surface area contributed by atoms with Gasteiger partial charge in [-0.25, -0.2) is 4.98 Å². The number of anilines is 1. The second-order valence-electron chi connectivity index (χ2n) is 16.9. The molecule has 1 saturated heterocycles. The Bertz CT molecular complexity index is 2170. The van der Waals surface area contributed by atoms with Gasteiger partial charge in [0.25, 0.3) is 0 Å². The van der Waals surface area contributed by atoms with Gasteiger partial charge in [0.05, 0.1) is 40.5 Å². The zero-order valence-electron chi connectivity index (χ0n) is 36.8. The summed E-state index contributed by atoms with van der Waals surface area (Å²) in [7, 11) is 8.61. The molecule has 2 fully saturated rings. The van der Waals surface area contributed by atoms with Crippen LogP contribution in [-0.2, 0) is 34.5 Å². The van der Waals surface area contributed by atoms with Crippen LogP contribution in [0.3, 0.4) is 0 Å². The molecule has 1 unspecified atom stereocenters. The lowest BCUT2D eigenvalue weighted by atomic mass is 9.58. The van der Waals surface area contributed by atoms with Crippen LogP contribution in [0.1, 0.15) is 66.5 Å². The van der Waals surface area contributed by atoms with Crippen LogP contribution in [0.4, 0.5) is 5.95 Å². The molecular weight excluding hydrogens is 771 g/mol. The number of fused-ring (bicyclic) bond motifs is 3. The molecule has 8 rings (SSSR count). The van der Waals surface area contributed by atoms with E-state index in [1.165, 1.54) is 22.3 Å². The Hall–Kier alpha value is -5.27. The third kappa shape index (κ3) is 7.91. The van der Waals surface area contributed by atoms with E-state index in [1.54, 1.807) is 28.4 Å². The quantitative estimate of drug-likeness (QED) is 0.184. The van der Waals surface area contributed by atoms with Gasteiger partial charge < -0.3 is 43.5 Å². The van der Waals surface area contributed by atoms with Crippen LogP contribution in [0.15, 0.2) is 67.0 Å². The van der Waals surface area contributed by atoms with Crippen molar-refractivity contribution in [1.29, 1.82) is 0 Å². The molecule has 1 aromatic heterocycles. The number of amides is 2. The number of nitrogens with zero attached hydrogens (tertiary/aromatic N) is 6. The molecule has 326 valence electrons. The molecule has 13 heteroatoms. The van der Waals surface area contributed by atoms with Crippen LogP contribution in [-0.4, -0.2) is 124 Å². The van der Waals surface area contributed by atoms with Gasteiger partial charge in [0.15, 0.2) is 23.0 Å². The van der Waals surface area contributed by atoms with Crippen LogP contribution in [0.5, 0.6) is 23.0 Å². The second-order valence-corrected chi connectivity index (χ2v) is 16.9. The van der Waals surface area contributed by atoms with Crippen molar-refractivity contribution in [3.63, 3.8) is 0 Å². The van der Waals surface area contributed by atoms with Crippen LogP contribution < -0.4 is 29.2 Å². The molecule has 1 N–H and O–H groups in total. The number of hydrogen-bond donors (Lipinski definition) is 1. The first-order valence-electron chi connectivity index (χ1n) is 22.1. The molecule has 0 bridgehead atoms. The Morgan fingerprint density at radius 3 is 2.20 bits per heavy atom. The average molecular weight is 834 g/mol. The summed E-state index contributed by atoms with van der Waals surface area (Å²) in [6.45, 7) is 8.47. The highest BCUT2D eigenvalue weighted by molar-refractivity contribution is 5.81. The lowest BCUT2D eigenvalue weighted by Crippen LogP contribution is -2.63. The van der Waals surface area contributed by atoms with E-state index in [4.69, 9.17) is 23.9 Å². The Morgan fingerprint density at radius 2 is 1.51 bits per heavy atom. The van der Waals surface area contributed by atoms with E-state index in [2.05, 4.69) is 84.9 Å². The maximum absolute atomic E-state index is 15.0. The first kappa shape index (κ1) is 42.4. The maximum atomic E-state index is 15.0. The Labute approximate surface area is 360 Å². The number of ether oxygens (including phenoxy) is 4. The Kier molecular flexibility index (Phi) is 12.8. The topological polar surface area (TPSA) is 114 Å². The van der Waals surface area contributed by atoms with Crippen molar-refractivity contribution in [3.05, 3.63) is 94.8 Å². The minimum atomic E-state index is -0.719. The maximum Gasteiger partial charge on any atom is 0.225 e. The summed E-state index contributed by atoms with van der Waals surface area (Å²) in [5, 5.41) is 3.22. The number of nitrogens with one attached hydrogen (secondary N) is 1. The molecule has 1 aliphatic carbocycles. The van der Waals surface area contributed by atoms with Gasteiger partial charge in [-0.1, -0.05) is 37.3 Å². The highest BCUT2D eigenvalue weighted by atomic mass is 16.5. The lowest BCUT2D eigenvalue weighted by Gasteiger charge is -2.59. The van der Waals surface area contributed by atoms with Crippen molar-refractivity contribution < 1.29 is 28.5 Å². The third-order valence-electron chi connectivity index (χ3n) is 14.0. The standard InChI is InChI=1S/C48H63N7O6/c1-7-51-20-15-34-28-40(58-3)42(60-5)30-37(34)45(51)39-27-36(46(57)52-23-25-53(26-24-52)47-50-19-22-54(47)32-33-11-9-8-10-12-33)13-17-48(39)38-31-43(61-6)41(59-4)29-35(38)16-21-55(48)44(56)14-18-49-2/h8-12,19,22,28-31,36,39,45,49H,7,13-18,20-21,23-27,32H2,1-6H3/t36-,39-,45?,48+/m1/s1. The molecule has 3 aliphatic heterocycles. The van der Waals surface area contributed by atoms with Gasteiger partial charge in [-0.05, 0) is 97.8 Å². The normalized spacial score (nSPS) is 22.7. The predicted octanol–water partition coefficient (Wildman–Crippen LogP) is 5.54. The number of carbonyl (C=O) groups excluding carboxylic acids is 2. The van der Waals surface area contributed by atoms with Gasteiger partial charge in [-0.15, -0.1) is 0 Å². The largest absolute Gasteiger partial charge is 0.493 e. The summed E-state index contributed by atoms with van der Waals surface area (Å²) in [5.74, 6) is 3.62. The number of rotatable bonds is 13. The third-order valence-corrected chi connectivity index (χ3v) is 14.0. The molecule has 1 saturated carbocycles. The van der Waals surface area contributed by atoms with E-state index in [1.807, 2.05) is 25.5 Å². The molecule has 1 spiro atoms. The summed E-state index contributed by atoms with van der Waals surface area (Å²) >= 11 is 0. The van der Waals surface area contributed by atoms with Gasteiger partial charge >= 0.3 is 0 Å². The number of carbonyl (C=O) groups is 2. The van der Waals surface area contributed by atoms with Crippen molar-refractivity contribution in [2.45, 2.75) is 63.6 Å². The lowest BCUT2D eigenvalue weighted by molar-refractivity contribution is -0.153. The smallest absolute Gasteiger partial charge is 0.225 e. The monoisotopic (exact) mass is 833 g/mol. The van der Waals surface area contributed by atoms with Gasteiger partial charge in [-0.3, -0.25) is 14.5 Å². The van der Waals surface area contributed by atoms with Crippen LogP contribution in [0.25, 0.3) is 0 Å². The molecule has 3 aromatic carbocycles. The SMILES string of the molecule is CCN1CCc2cc(OC)c(OC)cc2C1[C@H]1C[C@H](C(=O)N2CCN(c3nccn3Cc3ccccc3)CC2)CC[C@]12c1cc(OC)c(OC)cc1CCN2C(=O)CCNC. The van der Waals surface area contributed by atoms with Crippen LogP contribution in [0, 0.1) is 11.8 Å². The fraction of sp³-hybridized carbons (Fsp3) is 0.521. The van der Waals surface area contributed by atoms with Gasteiger partial charge in [0, 0.05) is 82.5 Å².